The highest BCUT2D eigenvalue weighted by atomic mass is 16.1. The van der Waals surface area contributed by atoms with E-state index in [2.05, 4.69) is 33.0 Å². The standard InChI is InChI=1S/C24H21N5O/c30-24(22-12-5-4-9-18(22)15-17-7-2-1-3-8-17)25-20-11-6-10-19(16-20)23-26-27-28-29(23)21-13-14-21/h1-12,16,21H,13-15H2,(H,25,30). The molecule has 0 atom stereocenters. The lowest BCUT2D eigenvalue weighted by Crippen LogP contribution is -2.14. The maximum Gasteiger partial charge on any atom is 0.255 e. The van der Waals surface area contributed by atoms with Gasteiger partial charge in [-0.3, -0.25) is 4.79 Å². The molecule has 0 aliphatic heterocycles. The number of aromatic nitrogens is 4. The van der Waals surface area contributed by atoms with Crippen LogP contribution in [-0.2, 0) is 6.42 Å². The summed E-state index contributed by atoms with van der Waals surface area (Å²) in [6.45, 7) is 0. The number of benzene rings is 3. The van der Waals surface area contributed by atoms with Gasteiger partial charge in [0.15, 0.2) is 5.82 Å². The third-order valence-corrected chi connectivity index (χ3v) is 5.26. The van der Waals surface area contributed by atoms with Gasteiger partial charge in [-0.15, -0.1) is 5.10 Å². The molecule has 30 heavy (non-hydrogen) atoms. The van der Waals surface area contributed by atoms with Crippen molar-refractivity contribution in [2.24, 2.45) is 0 Å². The maximum absolute atomic E-state index is 13.1. The van der Waals surface area contributed by atoms with E-state index in [1.54, 1.807) is 0 Å². The van der Waals surface area contributed by atoms with E-state index in [0.717, 1.165) is 35.5 Å². The molecule has 0 spiro atoms. The fourth-order valence-corrected chi connectivity index (χ4v) is 3.59. The molecule has 0 saturated heterocycles. The number of rotatable bonds is 6. The molecule has 1 aromatic heterocycles. The lowest BCUT2D eigenvalue weighted by atomic mass is 9.99. The van der Waals surface area contributed by atoms with Crippen molar-refractivity contribution in [3.05, 3.63) is 95.6 Å². The summed E-state index contributed by atoms with van der Waals surface area (Å²) in [7, 11) is 0. The van der Waals surface area contributed by atoms with Crippen molar-refractivity contribution in [3.63, 3.8) is 0 Å². The van der Waals surface area contributed by atoms with E-state index in [1.165, 1.54) is 5.56 Å². The second-order valence-electron chi connectivity index (χ2n) is 7.53. The molecule has 6 nitrogen and oxygen atoms in total. The molecule has 1 aliphatic rings. The lowest BCUT2D eigenvalue weighted by molar-refractivity contribution is 0.102. The Labute approximate surface area is 174 Å². The Balaban J connectivity index is 1.38. The van der Waals surface area contributed by atoms with Crippen molar-refractivity contribution < 1.29 is 4.79 Å². The summed E-state index contributed by atoms with van der Waals surface area (Å²) < 4.78 is 1.87. The topological polar surface area (TPSA) is 72.7 Å². The van der Waals surface area contributed by atoms with Crippen LogP contribution in [0.1, 0.15) is 40.4 Å². The Kier molecular flexibility index (Phi) is 4.81. The Morgan fingerprint density at radius 3 is 2.60 bits per heavy atom. The zero-order chi connectivity index (χ0) is 20.3. The number of nitrogens with one attached hydrogen (secondary N) is 1. The van der Waals surface area contributed by atoms with Gasteiger partial charge in [-0.1, -0.05) is 60.7 Å². The first-order chi connectivity index (χ1) is 14.8. The minimum absolute atomic E-state index is 0.125. The summed E-state index contributed by atoms with van der Waals surface area (Å²) in [4.78, 5) is 13.1. The maximum atomic E-state index is 13.1. The molecular formula is C24H21N5O. The van der Waals surface area contributed by atoms with E-state index < -0.39 is 0 Å². The number of carbonyl (C=O) groups excluding carboxylic acids is 1. The predicted molar refractivity (Wildman–Crippen MR) is 115 cm³/mol. The summed E-state index contributed by atoms with van der Waals surface area (Å²) in [6, 6.07) is 25.9. The Morgan fingerprint density at radius 1 is 0.967 bits per heavy atom. The molecule has 1 N–H and O–H groups in total. The summed E-state index contributed by atoms with van der Waals surface area (Å²) in [5, 5.41) is 15.1. The average molecular weight is 395 g/mol. The Bertz CT molecular complexity index is 1180. The van der Waals surface area contributed by atoms with Crippen LogP contribution in [-0.4, -0.2) is 26.1 Å². The van der Waals surface area contributed by atoms with Crippen LogP contribution in [0.15, 0.2) is 78.9 Å². The quantitative estimate of drug-likeness (QED) is 0.521. The zero-order valence-electron chi connectivity index (χ0n) is 16.4. The molecule has 148 valence electrons. The normalized spacial score (nSPS) is 13.2. The van der Waals surface area contributed by atoms with Crippen molar-refractivity contribution >= 4 is 11.6 Å². The Morgan fingerprint density at radius 2 is 1.77 bits per heavy atom. The van der Waals surface area contributed by atoms with E-state index in [4.69, 9.17) is 0 Å². The van der Waals surface area contributed by atoms with Gasteiger partial charge in [0, 0.05) is 16.8 Å². The van der Waals surface area contributed by atoms with Gasteiger partial charge < -0.3 is 5.32 Å². The van der Waals surface area contributed by atoms with Crippen molar-refractivity contribution in [2.45, 2.75) is 25.3 Å². The largest absolute Gasteiger partial charge is 0.322 e. The molecule has 4 aromatic rings. The summed E-state index contributed by atoms with van der Waals surface area (Å²) in [5.74, 6) is 0.610. The highest BCUT2D eigenvalue weighted by Gasteiger charge is 2.28. The van der Waals surface area contributed by atoms with Gasteiger partial charge in [0.1, 0.15) is 0 Å². The predicted octanol–water partition coefficient (Wildman–Crippen LogP) is 4.52. The van der Waals surface area contributed by atoms with Crippen LogP contribution >= 0.6 is 0 Å². The van der Waals surface area contributed by atoms with Gasteiger partial charge in [0.25, 0.3) is 5.91 Å². The highest BCUT2D eigenvalue weighted by Crippen LogP contribution is 2.36. The van der Waals surface area contributed by atoms with E-state index in [1.807, 2.05) is 71.4 Å². The summed E-state index contributed by atoms with van der Waals surface area (Å²) >= 11 is 0. The molecule has 0 bridgehead atoms. The number of amides is 1. The molecule has 0 radical (unpaired) electrons. The number of anilines is 1. The van der Waals surface area contributed by atoms with Gasteiger partial charge >= 0.3 is 0 Å². The van der Waals surface area contributed by atoms with Crippen LogP contribution in [0.25, 0.3) is 11.4 Å². The molecule has 3 aromatic carbocycles. The minimum Gasteiger partial charge on any atom is -0.322 e. The molecule has 1 fully saturated rings. The summed E-state index contributed by atoms with van der Waals surface area (Å²) in [6.07, 6.45) is 2.92. The van der Waals surface area contributed by atoms with Gasteiger partial charge in [-0.25, -0.2) is 4.68 Å². The first-order valence-electron chi connectivity index (χ1n) is 10.1. The molecule has 1 aliphatic carbocycles. The Hall–Kier alpha value is -3.80. The van der Waals surface area contributed by atoms with Crippen molar-refractivity contribution in [1.29, 1.82) is 0 Å². The molecule has 5 rings (SSSR count). The fraction of sp³-hybridized carbons (Fsp3) is 0.167. The molecule has 1 heterocycles. The van der Waals surface area contributed by atoms with Gasteiger partial charge in [-0.05, 0) is 59.0 Å². The van der Waals surface area contributed by atoms with Gasteiger partial charge in [-0.2, -0.15) is 0 Å². The third-order valence-electron chi connectivity index (χ3n) is 5.26. The van der Waals surface area contributed by atoms with Gasteiger partial charge in [0.05, 0.1) is 6.04 Å². The molecule has 1 saturated carbocycles. The van der Waals surface area contributed by atoms with Crippen molar-refractivity contribution in [3.8, 4) is 11.4 Å². The van der Waals surface area contributed by atoms with Crippen molar-refractivity contribution in [1.82, 2.24) is 20.2 Å². The minimum atomic E-state index is -0.125. The van der Waals surface area contributed by atoms with Crippen LogP contribution in [0.5, 0.6) is 0 Å². The number of carbonyl (C=O) groups is 1. The van der Waals surface area contributed by atoms with Crippen LogP contribution in [0.3, 0.4) is 0 Å². The number of hydrogen-bond acceptors (Lipinski definition) is 4. The highest BCUT2D eigenvalue weighted by molar-refractivity contribution is 6.05. The zero-order valence-corrected chi connectivity index (χ0v) is 16.4. The number of hydrogen-bond donors (Lipinski definition) is 1. The van der Waals surface area contributed by atoms with E-state index >= 15 is 0 Å². The second-order valence-corrected chi connectivity index (χ2v) is 7.53. The van der Waals surface area contributed by atoms with Crippen LogP contribution in [0.2, 0.25) is 0 Å². The van der Waals surface area contributed by atoms with Crippen molar-refractivity contribution in [2.75, 3.05) is 5.32 Å². The smallest absolute Gasteiger partial charge is 0.255 e. The number of tetrazole rings is 1. The summed E-state index contributed by atoms with van der Waals surface area (Å²) in [5.41, 5.74) is 4.45. The lowest BCUT2D eigenvalue weighted by Gasteiger charge is -2.11. The van der Waals surface area contributed by atoms with E-state index in [9.17, 15) is 4.79 Å². The molecule has 6 heteroatoms. The van der Waals surface area contributed by atoms with Crippen LogP contribution in [0, 0.1) is 0 Å². The van der Waals surface area contributed by atoms with E-state index in [-0.39, 0.29) is 5.91 Å². The second kappa shape index (κ2) is 7.91. The molecule has 0 unspecified atom stereocenters. The van der Waals surface area contributed by atoms with Gasteiger partial charge in [0.2, 0.25) is 0 Å². The first kappa shape index (κ1) is 18.2. The van der Waals surface area contributed by atoms with Crippen LogP contribution < -0.4 is 5.32 Å². The first-order valence-corrected chi connectivity index (χ1v) is 10.1. The fourth-order valence-electron chi connectivity index (χ4n) is 3.59. The monoisotopic (exact) mass is 395 g/mol. The average Bonchev–Trinajstić information content (AvgIpc) is 3.51. The molecule has 1 amide bonds. The number of nitrogens with zero attached hydrogens (tertiary/aromatic N) is 4. The van der Waals surface area contributed by atoms with Crippen LogP contribution in [0.4, 0.5) is 5.69 Å². The third kappa shape index (κ3) is 3.85. The van der Waals surface area contributed by atoms with E-state index in [0.29, 0.717) is 18.0 Å². The molecular weight excluding hydrogens is 374 g/mol. The SMILES string of the molecule is O=C(Nc1cccc(-c2nnnn2C2CC2)c1)c1ccccc1Cc1ccccc1.